The second-order valence-corrected chi connectivity index (χ2v) is 9.75. The number of rotatable bonds is 6. The van der Waals surface area contributed by atoms with Crippen molar-refractivity contribution < 1.29 is 26.7 Å². The monoisotopic (exact) mass is 338 g/mol. The molecule has 0 spiro atoms. The van der Waals surface area contributed by atoms with E-state index in [1.807, 2.05) is 0 Å². The average molecular weight is 338 g/mol. The molecule has 0 aromatic carbocycles. The molecule has 1 rings (SSSR count). The van der Waals surface area contributed by atoms with Crippen LogP contribution in [0.25, 0.3) is 0 Å². The van der Waals surface area contributed by atoms with E-state index in [1.165, 1.54) is 25.5 Å². The Kier molecular flexibility index (Phi) is 4.56. The lowest BCUT2D eigenvalue weighted by Gasteiger charge is -2.22. The topological polar surface area (TPSA) is 123 Å². The van der Waals surface area contributed by atoms with Crippen molar-refractivity contribution in [1.29, 1.82) is 0 Å². The van der Waals surface area contributed by atoms with Gasteiger partial charge in [0.1, 0.15) is 10.6 Å². The SMILES string of the molecule is Cn1cc(S(=O)(=O)NCC(C)(C)S(C)(=O)=O)cc1C(=O)O. The van der Waals surface area contributed by atoms with Crippen LogP contribution >= 0.6 is 0 Å². The summed E-state index contributed by atoms with van der Waals surface area (Å²) in [6.45, 7) is 2.49. The van der Waals surface area contributed by atoms with Crippen molar-refractivity contribution in [2.75, 3.05) is 12.8 Å². The van der Waals surface area contributed by atoms with Crippen LogP contribution in [0, 0.1) is 0 Å². The van der Waals surface area contributed by atoms with E-state index in [-0.39, 0.29) is 17.1 Å². The molecule has 8 nitrogen and oxygen atoms in total. The van der Waals surface area contributed by atoms with Crippen molar-refractivity contribution in [2.24, 2.45) is 7.05 Å². The molecule has 0 amide bonds. The third-order valence-electron chi connectivity index (χ3n) is 3.20. The second kappa shape index (κ2) is 5.43. The molecule has 0 aliphatic heterocycles. The zero-order chi connectivity index (χ0) is 16.6. The van der Waals surface area contributed by atoms with Gasteiger partial charge in [-0.15, -0.1) is 0 Å². The van der Waals surface area contributed by atoms with Gasteiger partial charge in [0, 0.05) is 26.0 Å². The maximum Gasteiger partial charge on any atom is 0.352 e. The van der Waals surface area contributed by atoms with Gasteiger partial charge in [0.05, 0.1) is 4.75 Å². The molecule has 0 fully saturated rings. The number of sulfonamides is 1. The van der Waals surface area contributed by atoms with E-state index >= 15 is 0 Å². The summed E-state index contributed by atoms with van der Waals surface area (Å²) in [6, 6.07) is 1.01. The highest BCUT2D eigenvalue weighted by molar-refractivity contribution is 7.92. The maximum absolute atomic E-state index is 12.1. The van der Waals surface area contributed by atoms with Gasteiger partial charge in [0.15, 0.2) is 9.84 Å². The van der Waals surface area contributed by atoms with E-state index in [2.05, 4.69) is 4.72 Å². The summed E-state index contributed by atoms with van der Waals surface area (Å²) in [7, 11) is -6.03. The molecular formula is C11H18N2O6S2. The van der Waals surface area contributed by atoms with Gasteiger partial charge in [-0.2, -0.15) is 0 Å². The average Bonchev–Trinajstić information content (AvgIpc) is 2.68. The molecule has 0 saturated carbocycles. The lowest BCUT2D eigenvalue weighted by molar-refractivity contribution is 0.0686. The molecule has 0 radical (unpaired) electrons. The summed E-state index contributed by atoms with van der Waals surface area (Å²) in [5.41, 5.74) is -0.183. The van der Waals surface area contributed by atoms with E-state index in [9.17, 15) is 21.6 Å². The van der Waals surface area contributed by atoms with E-state index in [0.717, 1.165) is 18.5 Å². The number of carbonyl (C=O) groups is 1. The smallest absolute Gasteiger partial charge is 0.352 e. The standard InChI is InChI=1S/C11H18N2O6S2/c1-11(2,20(4,16)17)7-12-21(18,19)8-5-9(10(14)15)13(3)6-8/h5-6,12H,7H2,1-4H3,(H,14,15). The Morgan fingerprint density at radius 2 is 1.86 bits per heavy atom. The molecule has 21 heavy (non-hydrogen) atoms. The summed E-state index contributed by atoms with van der Waals surface area (Å²) in [6.07, 6.45) is 2.17. The number of carboxylic acids is 1. The van der Waals surface area contributed by atoms with Crippen LogP contribution in [0.5, 0.6) is 0 Å². The number of aryl methyl sites for hydroxylation is 1. The largest absolute Gasteiger partial charge is 0.477 e. The lowest BCUT2D eigenvalue weighted by Crippen LogP contribution is -2.43. The van der Waals surface area contributed by atoms with Gasteiger partial charge in [-0.3, -0.25) is 0 Å². The summed E-state index contributed by atoms with van der Waals surface area (Å²) >= 11 is 0. The number of carboxylic acid groups (broad SMARTS) is 1. The molecule has 1 aromatic rings. The van der Waals surface area contributed by atoms with Crippen molar-refractivity contribution in [3.05, 3.63) is 18.0 Å². The zero-order valence-corrected chi connectivity index (χ0v) is 13.7. The van der Waals surface area contributed by atoms with Crippen molar-refractivity contribution in [3.8, 4) is 0 Å². The van der Waals surface area contributed by atoms with Gasteiger partial charge in [-0.1, -0.05) is 0 Å². The summed E-state index contributed by atoms with van der Waals surface area (Å²) < 4.78 is 49.3. The van der Waals surface area contributed by atoms with Crippen LogP contribution in [-0.4, -0.2) is 50.0 Å². The Morgan fingerprint density at radius 1 is 1.33 bits per heavy atom. The van der Waals surface area contributed by atoms with E-state index in [1.54, 1.807) is 0 Å². The Balaban J connectivity index is 3.04. The second-order valence-electron chi connectivity index (χ2n) is 5.33. The molecule has 0 atom stereocenters. The van der Waals surface area contributed by atoms with Crippen LogP contribution in [0.1, 0.15) is 24.3 Å². The third-order valence-corrected chi connectivity index (χ3v) is 6.72. The van der Waals surface area contributed by atoms with E-state index < -0.39 is 30.6 Å². The molecule has 120 valence electrons. The van der Waals surface area contributed by atoms with Gasteiger partial charge in [-0.05, 0) is 19.9 Å². The first kappa shape index (κ1) is 17.7. The third kappa shape index (κ3) is 3.83. The zero-order valence-electron chi connectivity index (χ0n) is 12.1. The fraction of sp³-hybridized carbons (Fsp3) is 0.545. The first-order valence-corrected chi connectivity index (χ1v) is 9.24. The van der Waals surface area contributed by atoms with Gasteiger partial charge >= 0.3 is 5.97 Å². The minimum Gasteiger partial charge on any atom is -0.477 e. The van der Waals surface area contributed by atoms with Gasteiger partial charge in [0.2, 0.25) is 10.0 Å². The first-order valence-electron chi connectivity index (χ1n) is 5.87. The number of nitrogens with one attached hydrogen (secondary N) is 1. The molecule has 0 bridgehead atoms. The van der Waals surface area contributed by atoms with Crippen molar-refractivity contribution in [1.82, 2.24) is 9.29 Å². The lowest BCUT2D eigenvalue weighted by atomic mass is 10.2. The highest BCUT2D eigenvalue weighted by Gasteiger charge is 2.32. The number of aromatic nitrogens is 1. The highest BCUT2D eigenvalue weighted by atomic mass is 32.2. The Hall–Kier alpha value is -1.39. The van der Waals surface area contributed by atoms with Crippen LogP contribution in [0.2, 0.25) is 0 Å². The number of hydrogen-bond acceptors (Lipinski definition) is 5. The molecule has 10 heteroatoms. The minimum absolute atomic E-state index is 0.183. The molecule has 1 heterocycles. The molecule has 0 aliphatic rings. The Bertz CT molecular complexity index is 759. The predicted molar refractivity (Wildman–Crippen MR) is 76.5 cm³/mol. The quantitative estimate of drug-likeness (QED) is 0.742. The Morgan fingerprint density at radius 3 is 2.24 bits per heavy atom. The van der Waals surface area contributed by atoms with Crippen molar-refractivity contribution in [3.63, 3.8) is 0 Å². The molecule has 0 saturated heterocycles. The number of hydrogen-bond donors (Lipinski definition) is 2. The molecule has 1 aromatic heterocycles. The van der Waals surface area contributed by atoms with Crippen LogP contribution in [-0.2, 0) is 26.9 Å². The number of aromatic carboxylic acids is 1. The van der Waals surface area contributed by atoms with Gasteiger partial charge in [-0.25, -0.2) is 26.4 Å². The molecular weight excluding hydrogens is 320 g/mol. The summed E-state index contributed by atoms with van der Waals surface area (Å²) in [5, 5.41) is 8.90. The Labute approximate surface area is 123 Å². The van der Waals surface area contributed by atoms with Crippen LogP contribution < -0.4 is 4.72 Å². The van der Waals surface area contributed by atoms with Gasteiger partial charge in [0.25, 0.3) is 0 Å². The molecule has 2 N–H and O–H groups in total. The highest BCUT2D eigenvalue weighted by Crippen LogP contribution is 2.17. The number of nitrogens with zero attached hydrogens (tertiary/aromatic N) is 1. The van der Waals surface area contributed by atoms with Crippen LogP contribution in [0.4, 0.5) is 0 Å². The van der Waals surface area contributed by atoms with Crippen molar-refractivity contribution in [2.45, 2.75) is 23.5 Å². The number of sulfone groups is 1. The molecule has 0 unspecified atom stereocenters. The fourth-order valence-electron chi connectivity index (χ4n) is 1.38. The maximum atomic E-state index is 12.1. The first-order chi connectivity index (χ1) is 9.28. The van der Waals surface area contributed by atoms with E-state index in [0.29, 0.717) is 0 Å². The van der Waals surface area contributed by atoms with Gasteiger partial charge < -0.3 is 9.67 Å². The molecule has 0 aliphatic carbocycles. The minimum atomic E-state index is -3.99. The van der Waals surface area contributed by atoms with Crippen LogP contribution in [0.15, 0.2) is 17.2 Å². The summed E-state index contributed by atoms with van der Waals surface area (Å²) in [5.74, 6) is -1.25. The fourth-order valence-corrected chi connectivity index (χ4v) is 3.08. The predicted octanol–water partition coefficient (Wildman–Crippen LogP) is -0.175. The summed E-state index contributed by atoms with van der Waals surface area (Å²) in [4.78, 5) is 10.7. The van der Waals surface area contributed by atoms with Crippen molar-refractivity contribution >= 4 is 25.8 Å². The van der Waals surface area contributed by atoms with Crippen LogP contribution in [0.3, 0.4) is 0 Å². The van der Waals surface area contributed by atoms with E-state index in [4.69, 9.17) is 5.11 Å². The normalized spacial score (nSPS) is 13.3.